The molecule has 6 nitrogen and oxygen atoms in total. The minimum Gasteiger partial charge on any atom is -0.361 e. The molecule has 0 atom stereocenters. The number of rotatable bonds is 6. The van der Waals surface area contributed by atoms with Crippen LogP contribution in [0.25, 0.3) is 11.3 Å². The summed E-state index contributed by atoms with van der Waals surface area (Å²) in [7, 11) is 0. The van der Waals surface area contributed by atoms with Gasteiger partial charge in [0.15, 0.2) is 0 Å². The molecule has 2 aromatic heterocycles. The highest BCUT2D eigenvalue weighted by Crippen LogP contribution is 2.24. The highest BCUT2D eigenvalue weighted by Gasteiger charge is 2.34. The highest BCUT2D eigenvalue weighted by atomic mass is 16.2. The second-order valence-corrected chi connectivity index (χ2v) is 6.39. The van der Waals surface area contributed by atoms with E-state index in [1.165, 1.54) is 11.6 Å². The molecule has 136 valence electrons. The molecule has 0 spiro atoms. The number of hydrogen-bond donors (Lipinski definition) is 1. The first-order valence-electron chi connectivity index (χ1n) is 8.93. The van der Waals surface area contributed by atoms with Crippen molar-refractivity contribution in [3.8, 4) is 11.3 Å². The number of nitrogens with one attached hydrogen (secondary N) is 1. The number of aryl methyl sites for hydroxylation is 1. The first kappa shape index (κ1) is 17.9. The molecule has 1 N–H and O–H groups in total. The van der Waals surface area contributed by atoms with Gasteiger partial charge in [-0.3, -0.25) is 14.6 Å². The van der Waals surface area contributed by atoms with Gasteiger partial charge in [0.1, 0.15) is 5.69 Å². The van der Waals surface area contributed by atoms with Gasteiger partial charge in [0.25, 0.3) is 5.56 Å². The summed E-state index contributed by atoms with van der Waals surface area (Å²) in [6, 6.07) is 6.06. The largest absolute Gasteiger partial charge is 0.361 e. The molecule has 1 saturated heterocycles. The molecular formula is C20H24N4O2. The Morgan fingerprint density at radius 1 is 1.42 bits per heavy atom. The number of anilines is 1. The van der Waals surface area contributed by atoms with E-state index < -0.39 is 0 Å². The van der Waals surface area contributed by atoms with Gasteiger partial charge >= 0.3 is 0 Å². The number of pyridine rings is 2. The summed E-state index contributed by atoms with van der Waals surface area (Å²) in [6.45, 7) is 9.53. The Bertz CT molecular complexity index is 868. The van der Waals surface area contributed by atoms with Gasteiger partial charge in [-0.15, -0.1) is 0 Å². The monoisotopic (exact) mass is 352 g/mol. The third-order valence-electron chi connectivity index (χ3n) is 4.85. The lowest BCUT2D eigenvalue weighted by atomic mass is 10.0. The van der Waals surface area contributed by atoms with Crippen molar-refractivity contribution in [1.29, 1.82) is 0 Å². The number of aromatic amines is 1. The van der Waals surface area contributed by atoms with Crippen molar-refractivity contribution in [2.24, 2.45) is 0 Å². The normalized spacial score (nSPS) is 14.0. The maximum absolute atomic E-state index is 12.4. The summed E-state index contributed by atoms with van der Waals surface area (Å²) < 4.78 is 0. The second-order valence-electron chi connectivity index (χ2n) is 6.39. The van der Waals surface area contributed by atoms with Crippen LogP contribution in [0, 0.1) is 0 Å². The number of amides is 1. The van der Waals surface area contributed by atoms with Crippen LogP contribution in [-0.4, -0.2) is 46.5 Å². The zero-order chi connectivity index (χ0) is 18.7. The van der Waals surface area contributed by atoms with Gasteiger partial charge in [-0.25, -0.2) is 0 Å². The Morgan fingerprint density at radius 3 is 2.85 bits per heavy atom. The average molecular weight is 352 g/mol. The van der Waals surface area contributed by atoms with Crippen LogP contribution in [0.15, 0.2) is 48.0 Å². The highest BCUT2D eigenvalue weighted by molar-refractivity contribution is 5.87. The number of aromatic nitrogens is 2. The Balaban J connectivity index is 1.88. The quantitative estimate of drug-likeness (QED) is 0.810. The third kappa shape index (κ3) is 3.40. The molecule has 6 heteroatoms. The van der Waals surface area contributed by atoms with Crippen molar-refractivity contribution in [1.82, 2.24) is 14.9 Å². The number of likely N-dealkylation sites (N-methyl/N-ethyl adjacent to an activating group) is 1. The molecule has 1 aliphatic heterocycles. The van der Waals surface area contributed by atoms with Gasteiger partial charge in [-0.05, 0) is 43.2 Å². The average Bonchev–Trinajstić information content (AvgIpc) is 2.64. The molecule has 1 fully saturated rings. The van der Waals surface area contributed by atoms with Crippen molar-refractivity contribution in [3.05, 3.63) is 59.2 Å². The fraction of sp³-hybridized carbons (Fsp3) is 0.350. The SMILES string of the molecule is C=CC(=O)N1CC(N(CC)c2cc(-c3cc(CC)ccn3)c[nH]c2=O)C1. The third-order valence-corrected chi connectivity index (χ3v) is 4.85. The van der Waals surface area contributed by atoms with E-state index in [1.807, 2.05) is 25.1 Å². The molecule has 0 aliphatic carbocycles. The molecule has 2 aromatic rings. The van der Waals surface area contributed by atoms with E-state index in [9.17, 15) is 9.59 Å². The minimum atomic E-state index is -0.129. The van der Waals surface area contributed by atoms with E-state index in [4.69, 9.17) is 0 Å². The Kier molecular flexibility index (Phi) is 5.21. The molecule has 0 bridgehead atoms. The number of nitrogens with zero attached hydrogens (tertiary/aromatic N) is 3. The van der Waals surface area contributed by atoms with E-state index in [0.29, 0.717) is 25.3 Å². The number of H-pyrrole nitrogens is 1. The topological polar surface area (TPSA) is 69.3 Å². The minimum absolute atomic E-state index is 0.0689. The van der Waals surface area contributed by atoms with Crippen molar-refractivity contribution < 1.29 is 4.79 Å². The van der Waals surface area contributed by atoms with E-state index >= 15 is 0 Å². The molecular weight excluding hydrogens is 328 g/mol. The first-order chi connectivity index (χ1) is 12.6. The zero-order valence-corrected chi connectivity index (χ0v) is 15.2. The summed E-state index contributed by atoms with van der Waals surface area (Å²) in [5, 5.41) is 0. The van der Waals surface area contributed by atoms with Crippen LogP contribution in [0.2, 0.25) is 0 Å². The van der Waals surface area contributed by atoms with Gasteiger partial charge < -0.3 is 14.8 Å². The smallest absolute Gasteiger partial charge is 0.271 e. The predicted octanol–water partition coefficient (Wildman–Crippen LogP) is 2.22. The molecule has 0 saturated carbocycles. The van der Waals surface area contributed by atoms with Crippen LogP contribution < -0.4 is 10.5 Å². The summed E-state index contributed by atoms with van der Waals surface area (Å²) in [5.74, 6) is -0.0689. The predicted molar refractivity (Wildman–Crippen MR) is 103 cm³/mol. The summed E-state index contributed by atoms with van der Waals surface area (Å²) in [5.41, 5.74) is 3.41. The number of hydrogen-bond acceptors (Lipinski definition) is 4. The first-order valence-corrected chi connectivity index (χ1v) is 8.93. The Morgan fingerprint density at radius 2 is 2.19 bits per heavy atom. The molecule has 0 radical (unpaired) electrons. The number of likely N-dealkylation sites (tertiary alicyclic amines) is 1. The molecule has 3 heterocycles. The van der Waals surface area contributed by atoms with E-state index in [0.717, 1.165) is 17.7 Å². The second kappa shape index (κ2) is 7.56. The van der Waals surface area contributed by atoms with Crippen LogP contribution in [0.5, 0.6) is 0 Å². The maximum Gasteiger partial charge on any atom is 0.271 e. The van der Waals surface area contributed by atoms with E-state index in [-0.39, 0.29) is 17.5 Å². The molecule has 1 aliphatic rings. The fourth-order valence-electron chi connectivity index (χ4n) is 3.27. The standard InChI is InChI=1S/C20H24N4O2/c1-4-14-7-8-21-17(9-14)15-10-18(20(26)22-11-15)24(6-3)16-12-23(13-16)19(25)5-2/h5,7-11,16H,2,4,6,12-13H2,1,3H3,(H,22,26). The van der Waals surface area contributed by atoms with Gasteiger partial charge in [0.05, 0.1) is 11.7 Å². The summed E-state index contributed by atoms with van der Waals surface area (Å²) in [4.78, 5) is 35.1. The molecule has 1 amide bonds. The summed E-state index contributed by atoms with van der Waals surface area (Å²) >= 11 is 0. The zero-order valence-electron chi connectivity index (χ0n) is 15.2. The molecule has 0 unspecified atom stereocenters. The van der Waals surface area contributed by atoms with Crippen LogP contribution in [0.1, 0.15) is 19.4 Å². The van der Waals surface area contributed by atoms with Crippen molar-refractivity contribution >= 4 is 11.6 Å². The lowest BCUT2D eigenvalue weighted by molar-refractivity contribution is -0.130. The van der Waals surface area contributed by atoms with Gasteiger partial charge in [-0.2, -0.15) is 0 Å². The van der Waals surface area contributed by atoms with Gasteiger partial charge in [-0.1, -0.05) is 13.5 Å². The number of carbonyl (C=O) groups is 1. The van der Waals surface area contributed by atoms with Gasteiger partial charge in [0.2, 0.25) is 5.91 Å². The van der Waals surface area contributed by atoms with Crippen molar-refractivity contribution in [3.63, 3.8) is 0 Å². The van der Waals surface area contributed by atoms with E-state index in [1.54, 1.807) is 17.3 Å². The molecule has 26 heavy (non-hydrogen) atoms. The Hall–Kier alpha value is -2.89. The number of carbonyl (C=O) groups excluding carboxylic acids is 1. The van der Waals surface area contributed by atoms with Crippen LogP contribution >= 0.6 is 0 Å². The lowest BCUT2D eigenvalue weighted by Crippen LogP contribution is -2.61. The maximum atomic E-state index is 12.4. The molecule has 3 rings (SSSR count). The van der Waals surface area contributed by atoms with Crippen LogP contribution in [-0.2, 0) is 11.2 Å². The Labute approximate surface area is 153 Å². The lowest BCUT2D eigenvalue weighted by Gasteiger charge is -2.45. The van der Waals surface area contributed by atoms with Gasteiger partial charge in [0, 0.05) is 37.6 Å². The van der Waals surface area contributed by atoms with E-state index in [2.05, 4.69) is 28.4 Å². The van der Waals surface area contributed by atoms with Crippen molar-refractivity contribution in [2.45, 2.75) is 26.3 Å². The van der Waals surface area contributed by atoms with Crippen molar-refractivity contribution in [2.75, 3.05) is 24.5 Å². The van der Waals surface area contributed by atoms with Crippen LogP contribution in [0.3, 0.4) is 0 Å². The molecule has 0 aromatic carbocycles. The van der Waals surface area contributed by atoms with Crippen LogP contribution in [0.4, 0.5) is 5.69 Å². The summed E-state index contributed by atoms with van der Waals surface area (Å²) in [6.07, 6.45) is 5.76. The fourth-order valence-corrected chi connectivity index (χ4v) is 3.27.